The summed E-state index contributed by atoms with van der Waals surface area (Å²) in [6.07, 6.45) is 0.724. The van der Waals surface area contributed by atoms with Crippen LogP contribution in [-0.2, 0) is 26.2 Å². The molecule has 2 amide bonds. The molecule has 0 aliphatic carbocycles. The summed E-state index contributed by atoms with van der Waals surface area (Å²) in [4.78, 5) is 28.3. The lowest BCUT2D eigenvalue weighted by atomic mass is 10.1. The standard InChI is InChI=1S/C28H31Cl2N3O4S/c1-4-20(2)31-28(35)21(3)32(18-22-12-7-5-8-13-22)26(34)19-33(25-17-11-16-24(29)27(25)30)38(36,37)23-14-9-6-10-15-23/h5-17,20-21H,4,18-19H2,1-3H3,(H,31,35)/t20-,21-/m1/s1. The average Bonchev–Trinajstić information content (AvgIpc) is 2.92. The van der Waals surface area contributed by atoms with Crippen molar-refractivity contribution in [2.45, 2.75) is 50.7 Å². The molecular formula is C28H31Cl2N3O4S. The highest BCUT2D eigenvalue weighted by atomic mass is 35.5. The van der Waals surface area contributed by atoms with Gasteiger partial charge in [-0.1, -0.05) is 84.7 Å². The Kier molecular flexibility index (Phi) is 10.2. The fourth-order valence-electron chi connectivity index (χ4n) is 3.75. The lowest BCUT2D eigenvalue weighted by molar-refractivity contribution is -0.139. The molecule has 0 saturated carbocycles. The predicted molar refractivity (Wildman–Crippen MR) is 152 cm³/mol. The van der Waals surface area contributed by atoms with Crippen LogP contribution in [-0.4, -0.2) is 43.8 Å². The molecule has 10 heteroatoms. The van der Waals surface area contributed by atoms with Crippen molar-refractivity contribution in [1.29, 1.82) is 0 Å². The third-order valence-corrected chi connectivity index (χ3v) is 8.76. The van der Waals surface area contributed by atoms with Gasteiger partial charge in [-0.25, -0.2) is 8.42 Å². The van der Waals surface area contributed by atoms with Crippen LogP contribution in [0.2, 0.25) is 10.0 Å². The highest BCUT2D eigenvalue weighted by molar-refractivity contribution is 7.92. The molecule has 0 spiro atoms. The molecule has 7 nitrogen and oxygen atoms in total. The Morgan fingerprint density at radius 3 is 2.11 bits per heavy atom. The van der Waals surface area contributed by atoms with E-state index in [1.54, 1.807) is 31.2 Å². The smallest absolute Gasteiger partial charge is 0.264 e. The molecule has 0 aliphatic heterocycles. The molecule has 0 heterocycles. The van der Waals surface area contributed by atoms with Crippen LogP contribution in [0.1, 0.15) is 32.8 Å². The third-order valence-electron chi connectivity index (χ3n) is 6.17. The zero-order valence-corrected chi connectivity index (χ0v) is 23.8. The Balaban J connectivity index is 2.04. The van der Waals surface area contributed by atoms with Gasteiger partial charge in [0, 0.05) is 12.6 Å². The SMILES string of the molecule is CC[C@@H](C)NC(=O)[C@@H](C)N(Cc1ccccc1)C(=O)CN(c1cccc(Cl)c1Cl)S(=O)(=O)c1ccccc1. The Bertz CT molecular complexity index is 1360. The summed E-state index contributed by atoms with van der Waals surface area (Å²) in [5.41, 5.74) is 0.857. The number of hydrogen-bond donors (Lipinski definition) is 1. The number of halogens is 2. The van der Waals surface area contributed by atoms with Gasteiger partial charge < -0.3 is 10.2 Å². The van der Waals surface area contributed by atoms with Gasteiger partial charge in [-0.2, -0.15) is 0 Å². The van der Waals surface area contributed by atoms with Gasteiger partial charge in [0.25, 0.3) is 10.0 Å². The number of carbonyl (C=O) groups is 2. The minimum atomic E-state index is -4.22. The van der Waals surface area contributed by atoms with E-state index in [0.29, 0.717) is 0 Å². The average molecular weight is 577 g/mol. The van der Waals surface area contributed by atoms with E-state index in [4.69, 9.17) is 23.2 Å². The Morgan fingerprint density at radius 1 is 0.895 bits per heavy atom. The number of hydrogen-bond acceptors (Lipinski definition) is 4. The van der Waals surface area contributed by atoms with Crippen LogP contribution in [0.5, 0.6) is 0 Å². The summed E-state index contributed by atoms with van der Waals surface area (Å²) in [5.74, 6) is -0.905. The second-order valence-electron chi connectivity index (χ2n) is 8.90. The lowest BCUT2D eigenvalue weighted by Crippen LogP contribution is -2.52. The van der Waals surface area contributed by atoms with Crippen LogP contribution in [0.15, 0.2) is 83.8 Å². The molecule has 3 rings (SSSR count). The van der Waals surface area contributed by atoms with E-state index < -0.39 is 28.5 Å². The molecule has 3 aromatic carbocycles. The third kappa shape index (κ3) is 7.07. The van der Waals surface area contributed by atoms with E-state index >= 15 is 0 Å². The minimum Gasteiger partial charge on any atom is -0.352 e. The van der Waals surface area contributed by atoms with E-state index in [1.807, 2.05) is 44.2 Å². The van der Waals surface area contributed by atoms with Gasteiger partial charge in [0.1, 0.15) is 12.6 Å². The van der Waals surface area contributed by atoms with Crippen molar-refractivity contribution in [1.82, 2.24) is 10.2 Å². The number of amides is 2. The van der Waals surface area contributed by atoms with Crippen molar-refractivity contribution < 1.29 is 18.0 Å². The van der Waals surface area contributed by atoms with Crippen LogP contribution in [0.3, 0.4) is 0 Å². The number of anilines is 1. The van der Waals surface area contributed by atoms with E-state index in [0.717, 1.165) is 16.3 Å². The molecule has 3 aromatic rings. The molecular weight excluding hydrogens is 545 g/mol. The van der Waals surface area contributed by atoms with Gasteiger partial charge in [-0.3, -0.25) is 13.9 Å². The summed E-state index contributed by atoms with van der Waals surface area (Å²) in [6.45, 7) is 4.97. The fourth-order valence-corrected chi connectivity index (χ4v) is 5.64. The van der Waals surface area contributed by atoms with Crippen molar-refractivity contribution >= 4 is 50.7 Å². The van der Waals surface area contributed by atoms with E-state index in [9.17, 15) is 18.0 Å². The molecule has 0 saturated heterocycles. The van der Waals surface area contributed by atoms with Crippen molar-refractivity contribution in [3.8, 4) is 0 Å². The molecule has 0 unspecified atom stereocenters. The van der Waals surface area contributed by atoms with Gasteiger partial charge in [0.05, 0.1) is 20.6 Å². The topological polar surface area (TPSA) is 86.8 Å². The van der Waals surface area contributed by atoms with Crippen molar-refractivity contribution in [2.24, 2.45) is 0 Å². The first-order valence-corrected chi connectivity index (χ1v) is 14.4. The Morgan fingerprint density at radius 2 is 1.50 bits per heavy atom. The molecule has 1 N–H and O–H groups in total. The first-order chi connectivity index (χ1) is 18.1. The van der Waals surface area contributed by atoms with Crippen molar-refractivity contribution in [2.75, 3.05) is 10.8 Å². The summed E-state index contributed by atoms with van der Waals surface area (Å²) < 4.78 is 28.5. The summed E-state index contributed by atoms with van der Waals surface area (Å²) in [7, 11) is -4.22. The first-order valence-electron chi connectivity index (χ1n) is 12.2. The maximum absolute atomic E-state index is 13.9. The molecule has 38 heavy (non-hydrogen) atoms. The molecule has 202 valence electrons. The van der Waals surface area contributed by atoms with Crippen molar-refractivity contribution in [3.63, 3.8) is 0 Å². The maximum Gasteiger partial charge on any atom is 0.264 e. The number of benzene rings is 3. The van der Waals surface area contributed by atoms with Gasteiger partial charge in [0.15, 0.2) is 0 Å². The summed E-state index contributed by atoms with van der Waals surface area (Å²) >= 11 is 12.6. The Labute approximate surface area is 234 Å². The molecule has 0 aliphatic rings. The lowest BCUT2D eigenvalue weighted by Gasteiger charge is -2.32. The zero-order chi connectivity index (χ0) is 27.9. The van der Waals surface area contributed by atoms with E-state index in [-0.39, 0.29) is 39.1 Å². The van der Waals surface area contributed by atoms with Gasteiger partial charge in [-0.05, 0) is 50.1 Å². The monoisotopic (exact) mass is 575 g/mol. The number of sulfonamides is 1. The normalized spacial score (nSPS) is 12.9. The molecule has 0 bridgehead atoms. The number of rotatable bonds is 11. The number of carbonyl (C=O) groups excluding carboxylic acids is 2. The quantitative estimate of drug-likeness (QED) is 0.326. The second-order valence-corrected chi connectivity index (χ2v) is 11.5. The first kappa shape index (κ1) is 29.5. The van der Waals surface area contributed by atoms with Crippen LogP contribution in [0.25, 0.3) is 0 Å². The fraction of sp³-hybridized carbons (Fsp3) is 0.286. The maximum atomic E-state index is 13.9. The number of nitrogens with zero attached hydrogens (tertiary/aromatic N) is 2. The van der Waals surface area contributed by atoms with Crippen LogP contribution in [0, 0.1) is 0 Å². The molecule has 2 atom stereocenters. The molecule has 0 aromatic heterocycles. The predicted octanol–water partition coefficient (Wildman–Crippen LogP) is 5.52. The minimum absolute atomic E-state index is 0.00126. The summed E-state index contributed by atoms with van der Waals surface area (Å²) in [5, 5.41) is 3.05. The van der Waals surface area contributed by atoms with Crippen LogP contribution in [0.4, 0.5) is 5.69 Å². The second kappa shape index (κ2) is 13.1. The molecule has 0 radical (unpaired) electrons. The van der Waals surface area contributed by atoms with Crippen LogP contribution >= 0.6 is 23.2 Å². The largest absolute Gasteiger partial charge is 0.352 e. The van der Waals surface area contributed by atoms with Gasteiger partial charge >= 0.3 is 0 Å². The summed E-state index contributed by atoms with van der Waals surface area (Å²) in [6, 6.07) is 20.6. The van der Waals surface area contributed by atoms with Crippen molar-refractivity contribution in [3.05, 3.63) is 94.5 Å². The number of nitrogens with one attached hydrogen (secondary N) is 1. The highest BCUT2D eigenvalue weighted by Crippen LogP contribution is 2.35. The van der Waals surface area contributed by atoms with E-state index in [2.05, 4.69) is 5.32 Å². The molecule has 0 fully saturated rings. The van der Waals surface area contributed by atoms with Gasteiger partial charge in [0.2, 0.25) is 11.8 Å². The highest BCUT2D eigenvalue weighted by Gasteiger charge is 2.33. The van der Waals surface area contributed by atoms with Gasteiger partial charge in [-0.15, -0.1) is 0 Å². The van der Waals surface area contributed by atoms with Crippen LogP contribution < -0.4 is 9.62 Å². The zero-order valence-electron chi connectivity index (χ0n) is 21.5. The van der Waals surface area contributed by atoms with E-state index in [1.165, 1.54) is 29.2 Å². The Hall–Kier alpha value is -3.07.